The summed E-state index contributed by atoms with van der Waals surface area (Å²) in [6, 6.07) is 11.8. The fourth-order valence-electron chi connectivity index (χ4n) is 4.61. The lowest BCUT2D eigenvalue weighted by Crippen LogP contribution is -2.50. The van der Waals surface area contributed by atoms with Crippen LogP contribution in [0.3, 0.4) is 0 Å². The van der Waals surface area contributed by atoms with Crippen LogP contribution in [0.15, 0.2) is 42.5 Å². The van der Waals surface area contributed by atoms with Crippen molar-refractivity contribution in [3.63, 3.8) is 0 Å². The molecule has 1 aliphatic heterocycles. The summed E-state index contributed by atoms with van der Waals surface area (Å²) in [5, 5.41) is 3.07. The molecule has 224 valence electrons. The van der Waals surface area contributed by atoms with Crippen LogP contribution in [0.2, 0.25) is 5.02 Å². The van der Waals surface area contributed by atoms with Gasteiger partial charge >= 0.3 is 6.03 Å². The van der Waals surface area contributed by atoms with Gasteiger partial charge in [0.25, 0.3) is 5.91 Å². The quantitative estimate of drug-likeness (QED) is 0.352. The Bertz CT molecular complexity index is 1170. The number of rotatable bonds is 13. The van der Waals surface area contributed by atoms with Crippen molar-refractivity contribution < 1.29 is 28.6 Å². The Morgan fingerprint density at radius 1 is 1.00 bits per heavy atom. The number of hydrogen-bond acceptors (Lipinski definition) is 6. The Morgan fingerprint density at radius 2 is 1.68 bits per heavy atom. The predicted octanol–water partition coefficient (Wildman–Crippen LogP) is 4.20. The van der Waals surface area contributed by atoms with E-state index in [-0.39, 0.29) is 43.5 Å². The summed E-state index contributed by atoms with van der Waals surface area (Å²) >= 11 is 6.49. The number of carbonyl (C=O) groups excluding carboxylic acids is 3. The first kappa shape index (κ1) is 32.2. The highest BCUT2D eigenvalue weighted by atomic mass is 35.5. The number of para-hydroxylation sites is 1. The number of urea groups is 1. The molecule has 1 heterocycles. The summed E-state index contributed by atoms with van der Waals surface area (Å²) in [6.07, 6.45) is 0. The second kappa shape index (κ2) is 16.2. The zero-order chi connectivity index (χ0) is 29.8. The number of carbonyl (C=O) groups is 3. The van der Waals surface area contributed by atoms with E-state index in [4.69, 9.17) is 25.8 Å². The predicted molar refractivity (Wildman–Crippen MR) is 159 cm³/mol. The highest BCUT2D eigenvalue weighted by Gasteiger charge is 2.32. The van der Waals surface area contributed by atoms with Gasteiger partial charge in [0.05, 0.1) is 37.0 Å². The lowest BCUT2D eigenvalue weighted by atomic mass is 10.1. The maximum absolute atomic E-state index is 13.7. The molecule has 3 rings (SSSR count). The average Bonchev–Trinajstić information content (AvgIpc) is 3.11. The molecule has 41 heavy (non-hydrogen) atoms. The van der Waals surface area contributed by atoms with Crippen LogP contribution >= 0.6 is 11.6 Å². The van der Waals surface area contributed by atoms with Crippen molar-refractivity contribution in [1.29, 1.82) is 0 Å². The van der Waals surface area contributed by atoms with Crippen LogP contribution < -0.4 is 15.0 Å². The SMILES string of the molecule is CCOCCN(CCOCC)C(=O)CNC(=O)N1Cc2ccccc2N(C(=O)c2ccc(OCC)cc2Cl)C[C@H]1C. The van der Waals surface area contributed by atoms with Gasteiger partial charge in [-0.15, -0.1) is 0 Å². The molecular weight excluding hydrogens is 548 g/mol. The maximum Gasteiger partial charge on any atom is 0.318 e. The van der Waals surface area contributed by atoms with E-state index >= 15 is 0 Å². The van der Waals surface area contributed by atoms with E-state index in [2.05, 4.69) is 5.32 Å². The van der Waals surface area contributed by atoms with E-state index in [1.807, 2.05) is 52.0 Å². The lowest BCUT2D eigenvalue weighted by molar-refractivity contribution is -0.131. The number of halogens is 1. The zero-order valence-electron chi connectivity index (χ0n) is 24.4. The van der Waals surface area contributed by atoms with Crippen molar-refractivity contribution in [3.05, 3.63) is 58.6 Å². The summed E-state index contributed by atoms with van der Waals surface area (Å²) in [6.45, 7) is 11.2. The summed E-state index contributed by atoms with van der Waals surface area (Å²) in [7, 11) is 0. The van der Waals surface area contributed by atoms with E-state index in [1.54, 1.807) is 32.9 Å². The van der Waals surface area contributed by atoms with Crippen molar-refractivity contribution in [2.45, 2.75) is 40.3 Å². The first-order valence-corrected chi connectivity index (χ1v) is 14.5. The van der Waals surface area contributed by atoms with Crippen LogP contribution in [0.1, 0.15) is 43.6 Å². The molecule has 0 radical (unpaired) electrons. The molecule has 0 aromatic heterocycles. The number of hydrogen-bond donors (Lipinski definition) is 1. The van der Waals surface area contributed by atoms with Gasteiger partial charge in [-0.3, -0.25) is 9.59 Å². The molecule has 11 heteroatoms. The van der Waals surface area contributed by atoms with E-state index in [0.717, 1.165) is 5.56 Å². The summed E-state index contributed by atoms with van der Waals surface area (Å²) < 4.78 is 16.3. The number of amides is 4. The molecule has 2 aromatic rings. The van der Waals surface area contributed by atoms with E-state index in [0.29, 0.717) is 68.1 Å². The first-order chi connectivity index (χ1) is 19.8. The van der Waals surface area contributed by atoms with Crippen LogP contribution in [0, 0.1) is 0 Å². The maximum atomic E-state index is 13.7. The molecule has 0 saturated heterocycles. The highest BCUT2D eigenvalue weighted by Crippen LogP contribution is 2.31. The Kier molecular flexibility index (Phi) is 12.7. The van der Waals surface area contributed by atoms with E-state index in [1.165, 1.54) is 0 Å². The van der Waals surface area contributed by atoms with Gasteiger partial charge in [0.15, 0.2) is 0 Å². The third-order valence-corrected chi connectivity index (χ3v) is 7.07. The third kappa shape index (κ3) is 8.82. The molecule has 1 atom stereocenters. The Balaban J connectivity index is 1.73. The zero-order valence-corrected chi connectivity index (χ0v) is 25.1. The number of ether oxygens (including phenoxy) is 3. The summed E-state index contributed by atoms with van der Waals surface area (Å²) in [5.74, 6) is 0.0991. The minimum Gasteiger partial charge on any atom is -0.494 e. The second-order valence-corrected chi connectivity index (χ2v) is 9.94. The van der Waals surface area contributed by atoms with Gasteiger partial charge in [0.2, 0.25) is 5.91 Å². The number of fused-ring (bicyclic) bond motifs is 1. The molecule has 0 bridgehead atoms. The number of nitrogens with one attached hydrogen (secondary N) is 1. The van der Waals surface area contributed by atoms with Crippen molar-refractivity contribution in [2.24, 2.45) is 0 Å². The van der Waals surface area contributed by atoms with Crippen LogP contribution in [0.25, 0.3) is 0 Å². The molecular formula is C30H41ClN4O6. The smallest absolute Gasteiger partial charge is 0.318 e. The summed E-state index contributed by atoms with van der Waals surface area (Å²) in [4.78, 5) is 45.0. The van der Waals surface area contributed by atoms with Gasteiger partial charge in [0, 0.05) is 51.1 Å². The largest absolute Gasteiger partial charge is 0.494 e. The van der Waals surface area contributed by atoms with Crippen molar-refractivity contribution in [2.75, 3.05) is 64.1 Å². The van der Waals surface area contributed by atoms with E-state index < -0.39 is 0 Å². The molecule has 4 amide bonds. The number of anilines is 1. The normalized spacial score (nSPS) is 14.7. The second-order valence-electron chi connectivity index (χ2n) is 9.53. The first-order valence-electron chi connectivity index (χ1n) is 14.1. The van der Waals surface area contributed by atoms with Crippen LogP contribution in [-0.4, -0.2) is 92.9 Å². The number of nitrogens with zero attached hydrogens (tertiary/aromatic N) is 3. The molecule has 0 unspecified atom stereocenters. The van der Waals surface area contributed by atoms with Crippen LogP contribution in [-0.2, 0) is 20.8 Å². The van der Waals surface area contributed by atoms with Gasteiger partial charge in [-0.05, 0) is 57.5 Å². The van der Waals surface area contributed by atoms with Crippen molar-refractivity contribution in [1.82, 2.24) is 15.1 Å². The molecule has 2 aromatic carbocycles. The van der Waals surface area contributed by atoms with E-state index in [9.17, 15) is 14.4 Å². The monoisotopic (exact) mass is 588 g/mol. The Hall–Kier alpha value is -3.34. The van der Waals surface area contributed by atoms with Gasteiger partial charge in [-0.25, -0.2) is 4.79 Å². The lowest BCUT2D eigenvalue weighted by Gasteiger charge is -2.30. The summed E-state index contributed by atoms with van der Waals surface area (Å²) in [5.41, 5.74) is 1.86. The Morgan fingerprint density at radius 3 is 2.32 bits per heavy atom. The topological polar surface area (TPSA) is 101 Å². The van der Waals surface area contributed by atoms with Crippen LogP contribution in [0.4, 0.5) is 10.5 Å². The fourth-order valence-corrected chi connectivity index (χ4v) is 4.86. The standard InChI is InChI=1S/C30H41ClN4O6/c1-5-39-16-14-33(15-17-40-6-2)28(36)19-32-30(38)34-21-23-10-8-9-11-27(23)35(20-22(34)4)29(37)25-13-12-24(41-7-3)18-26(25)31/h8-13,18,22H,5-7,14-17,19-21H2,1-4H3,(H,32,38)/t22-/m1/s1. The third-order valence-electron chi connectivity index (χ3n) is 6.75. The molecule has 1 aliphatic rings. The van der Waals surface area contributed by atoms with Gasteiger partial charge in [-0.2, -0.15) is 0 Å². The molecule has 0 spiro atoms. The highest BCUT2D eigenvalue weighted by molar-refractivity contribution is 6.34. The van der Waals surface area contributed by atoms with Gasteiger partial charge in [0.1, 0.15) is 5.75 Å². The minimum atomic E-state index is -0.386. The van der Waals surface area contributed by atoms with Crippen molar-refractivity contribution in [3.8, 4) is 5.75 Å². The fraction of sp³-hybridized carbons (Fsp3) is 0.500. The average molecular weight is 589 g/mol. The van der Waals surface area contributed by atoms with Crippen LogP contribution in [0.5, 0.6) is 5.75 Å². The molecule has 10 nitrogen and oxygen atoms in total. The minimum absolute atomic E-state index is 0.160. The van der Waals surface area contributed by atoms with Gasteiger partial charge in [-0.1, -0.05) is 29.8 Å². The molecule has 0 saturated carbocycles. The Labute approximate surface area is 247 Å². The van der Waals surface area contributed by atoms with Gasteiger partial charge < -0.3 is 34.2 Å². The van der Waals surface area contributed by atoms with Crippen molar-refractivity contribution >= 4 is 35.1 Å². The molecule has 0 aliphatic carbocycles. The molecule has 1 N–H and O–H groups in total. The number of benzene rings is 2. The molecule has 0 fully saturated rings.